The average molecular weight is 254 g/mol. The molecule has 1 aliphatic heterocycles. The Hall–Kier alpha value is -0.850. The lowest BCUT2D eigenvalue weighted by molar-refractivity contribution is 0.0693. The summed E-state index contributed by atoms with van der Waals surface area (Å²) < 4.78 is 5.69. The van der Waals surface area contributed by atoms with Crippen LogP contribution in [0.25, 0.3) is 0 Å². The van der Waals surface area contributed by atoms with Crippen molar-refractivity contribution in [2.45, 2.75) is 26.4 Å². The summed E-state index contributed by atoms with van der Waals surface area (Å²) in [6.45, 7) is 4.82. The van der Waals surface area contributed by atoms with Crippen molar-refractivity contribution < 1.29 is 4.74 Å². The summed E-state index contributed by atoms with van der Waals surface area (Å²) in [7, 11) is 0. The van der Waals surface area contributed by atoms with Crippen LogP contribution in [0.1, 0.15) is 30.1 Å². The third kappa shape index (κ3) is 2.70. The molecule has 1 aromatic heterocycles. The van der Waals surface area contributed by atoms with Crippen LogP contribution in [0, 0.1) is 6.92 Å². The Morgan fingerprint density at radius 2 is 2.35 bits per heavy atom. The fourth-order valence-electron chi connectivity index (χ4n) is 1.85. The molecule has 17 heavy (non-hydrogen) atoms. The Morgan fingerprint density at radius 3 is 2.94 bits per heavy atom. The van der Waals surface area contributed by atoms with Gasteiger partial charge in [-0.1, -0.05) is 6.92 Å². The maximum absolute atomic E-state index is 5.69. The number of aryl methyl sites for hydroxylation is 1. The van der Waals surface area contributed by atoms with Gasteiger partial charge in [-0.25, -0.2) is 15.8 Å². The Labute approximate surface area is 106 Å². The number of nitrogens with two attached hydrogens (primary N) is 1. The first-order valence-corrected chi connectivity index (χ1v) is 6.95. The number of hydrazine groups is 1. The quantitative estimate of drug-likeness (QED) is 0.628. The van der Waals surface area contributed by atoms with Gasteiger partial charge in [-0.2, -0.15) is 11.8 Å². The molecule has 1 aromatic rings. The van der Waals surface area contributed by atoms with Crippen LogP contribution in [0.15, 0.2) is 0 Å². The van der Waals surface area contributed by atoms with E-state index in [-0.39, 0.29) is 6.10 Å². The summed E-state index contributed by atoms with van der Waals surface area (Å²) in [4.78, 5) is 9.02. The van der Waals surface area contributed by atoms with E-state index in [2.05, 4.69) is 22.3 Å². The van der Waals surface area contributed by atoms with Crippen molar-refractivity contribution in [3.8, 4) is 0 Å². The zero-order valence-corrected chi connectivity index (χ0v) is 11.0. The van der Waals surface area contributed by atoms with Crippen LogP contribution in [-0.2, 0) is 11.2 Å². The minimum atomic E-state index is -0.00764. The van der Waals surface area contributed by atoms with Gasteiger partial charge >= 0.3 is 0 Å². The Bertz CT molecular complexity index is 368. The number of ether oxygens (including phenoxy) is 1. The van der Waals surface area contributed by atoms with E-state index in [1.165, 1.54) is 0 Å². The number of nitrogen functional groups attached to an aromatic ring is 1. The molecule has 0 amide bonds. The highest BCUT2D eigenvalue weighted by atomic mass is 32.2. The topological polar surface area (TPSA) is 73.1 Å². The third-order valence-corrected chi connectivity index (χ3v) is 3.83. The summed E-state index contributed by atoms with van der Waals surface area (Å²) in [5.41, 5.74) is 4.68. The van der Waals surface area contributed by atoms with Gasteiger partial charge in [-0.05, 0) is 13.3 Å². The molecule has 94 valence electrons. The number of hydrogen-bond acceptors (Lipinski definition) is 6. The second-order valence-electron chi connectivity index (χ2n) is 3.93. The monoisotopic (exact) mass is 254 g/mol. The predicted octanol–water partition coefficient (Wildman–Crippen LogP) is 1.44. The molecule has 1 unspecified atom stereocenters. The third-order valence-electron chi connectivity index (χ3n) is 2.84. The van der Waals surface area contributed by atoms with E-state index in [9.17, 15) is 0 Å². The minimum Gasteiger partial charge on any atom is -0.368 e. The molecule has 3 N–H and O–H groups in total. The van der Waals surface area contributed by atoms with Gasteiger partial charge in [0.25, 0.3) is 0 Å². The predicted molar refractivity (Wildman–Crippen MR) is 70.0 cm³/mol. The highest BCUT2D eigenvalue weighted by Gasteiger charge is 2.21. The molecule has 1 atom stereocenters. The molecule has 6 heteroatoms. The van der Waals surface area contributed by atoms with Crippen molar-refractivity contribution in [3.63, 3.8) is 0 Å². The molecule has 1 aliphatic rings. The van der Waals surface area contributed by atoms with Crippen molar-refractivity contribution in [3.05, 3.63) is 17.1 Å². The number of nitrogens with zero attached hydrogens (tertiary/aromatic N) is 2. The van der Waals surface area contributed by atoms with Crippen LogP contribution in [0.4, 0.5) is 5.82 Å². The van der Waals surface area contributed by atoms with Crippen molar-refractivity contribution in [1.29, 1.82) is 0 Å². The highest BCUT2D eigenvalue weighted by molar-refractivity contribution is 7.99. The molecule has 0 spiro atoms. The standard InChI is InChI=1S/C11H18N4OS/c1-3-8-7(2)10(15-12)14-11(13-8)9-6-17-5-4-16-9/h9H,3-6,12H2,1-2H3,(H,13,14,15). The summed E-state index contributed by atoms with van der Waals surface area (Å²) in [5, 5.41) is 0. The lowest BCUT2D eigenvalue weighted by atomic mass is 10.2. The second kappa shape index (κ2) is 5.66. The van der Waals surface area contributed by atoms with Crippen LogP contribution in [0.2, 0.25) is 0 Å². The number of aromatic nitrogens is 2. The zero-order chi connectivity index (χ0) is 12.3. The number of thioether (sulfide) groups is 1. The Morgan fingerprint density at radius 1 is 1.53 bits per heavy atom. The number of anilines is 1. The lowest BCUT2D eigenvalue weighted by Gasteiger charge is -2.22. The molecular formula is C11H18N4OS. The number of hydrogen-bond donors (Lipinski definition) is 2. The fourth-order valence-corrected chi connectivity index (χ4v) is 2.69. The molecule has 0 aromatic carbocycles. The van der Waals surface area contributed by atoms with Gasteiger partial charge in [0.1, 0.15) is 11.9 Å². The van der Waals surface area contributed by atoms with E-state index in [4.69, 9.17) is 10.6 Å². The number of nitrogens with one attached hydrogen (secondary N) is 1. The fraction of sp³-hybridized carbons (Fsp3) is 0.636. The van der Waals surface area contributed by atoms with E-state index in [1.54, 1.807) is 0 Å². The van der Waals surface area contributed by atoms with Gasteiger partial charge in [-0.15, -0.1) is 0 Å². The largest absolute Gasteiger partial charge is 0.368 e. The summed E-state index contributed by atoms with van der Waals surface area (Å²) >= 11 is 1.87. The molecule has 0 bridgehead atoms. The normalized spacial score (nSPS) is 20.3. The van der Waals surface area contributed by atoms with Gasteiger partial charge < -0.3 is 10.2 Å². The van der Waals surface area contributed by atoms with Crippen LogP contribution >= 0.6 is 11.8 Å². The highest BCUT2D eigenvalue weighted by Crippen LogP contribution is 2.26. The van der Waals surface area contributed by atoms with Crippen LogP contribution < -0.4 is 11.3 Å². The lowest BCUT2D eigenvalue weighted by Crippen LogP contribution is -2.21. The summed E-state index contributed by atoms with van der Waals surface area (Å²) in [5.74, 6) is 8.89. The maximum atomic E-state index is 5.69. The Kier molecular flexibility index (Phi) is 4.20. The van der Waals surface area contributed by atoms with E-state index >= 15 is 0 Å². The summed E-state index contributed by atoms with van der Waals surface area (Å²) in [6.07, 6.45) is 0.863. The molecule has 0 saturated carbocycles. The van der Waals surface area contributed by atoms with Gasteiger partial charge in [0, 0.05) is 22.8 Å². The molecule has 5 nitrogen and oxygen atoms in total. The molecule has 0 radical (unpaired) electrons. The van der Waals surface area contributed by atoms with Gasteiger partial charge in [0.15, 0.2) is 5.82 Å². The van der Waals surface area contributed by atoms with Crippen molar-refractivity contribution >= 4 is 17.6 Å². The maximum Gasteiger partial charge on any atom is 0.160 e. The molecule has 0 aliphatic carbocycles. The molecule has 2 heterocycles. The van der Waals surface area contributed by atoms with E-state index in [1.807, 2.05) is 18.7 Å². The van der Waals surface area contributed by atoms with Crippen LogP contribution in [0.5, 0.6) is 0 Å². The van der Waals surface area contributed by atoms with E-state index in [0.29, 0.717) is 5.82 Å². The van der Waals surface area contributed by atoms with Gasteiger partial charge in [0.2, 0.25) is 0 Å². The average Bonchev–Trinajstić information content (AvgIpc) is 2.40. The van der Waals surface area contributed by atoms with Gasteiger partial charge in [0.05, 0.1) is 6.61 Å². The van der Waals surface area contributed by atoms with Crippen LogP contribution in [-0.4, -0.2) is 28.1 Å². The Balaban J connectivity index is 2.33. The first-order valence-electron chi connectivity index (χ1n) is 5.79. The van der Waals surface area contributed by atoms with E-state index < -0.39 is 0 Å². The number of rotatable bonds is 3. The molecular weight excluding hydrogens is 236 g/mol. The van der Waals surface area contributed by atoms with Crippen LogP contribution in [0.3, 0.4) is 0 Å². The van der Waals surface area contributed by atoms with Crippen molar-refractivity contribution in [2.75, 3.05) is 23.5 Å². The smallest absolute Gasteiger partial charge is 0.160 e. The molecule has 2 rings (SSSR count). The SMILES string of the molecule is CCc1nc(C2CSCCO2)nc(NN)c1C. The van der Waals surface area contributed by atoms with E-state index in [0.717, 1.165) is 41.6 Å². The first kappa shape index (κ1) is 12.6. The van der Waals surface area contributed by atoms with Gasteiger partial charge in [-0.3, -0.25) is 0 Å². The zero-order valence-electron chi connectivity index (χ0n) is 10.2. The second-order valence-corrected chi connectivity index (χ2v) is 5.08. The molecule has 1 fully saturated rings. The van der Waals surface area contributed by atoms with Crippen molar-refractivity contribution in [2.24, 2.45) is 5.84 Å². The first-order chi connectivity index (χ1) is 8.26. The molecule has 1 saturated heterocycles. The summed E-state index contributed by atoms with van der Waals surface area (Å²) in [6, 6.07) is 0. The van der Waals surface area contributed by atoms with Crippen molar-refractivity contribution in [1.82, 2.24) is 9.97 Å². The minimum absolute atomic E-state index is 0.00764.